The van der Waals surface area contributed by atoms with Crippen LogP contribution in [0.25, 0.3) is 0 Å². The number of hydrogen-bond donors (Lipinski definition) is 1. The fourth-order valence-corrected chi connectivity index (χ4v) is 2.16. The molecule has 1 heteroatoms. The third kappa shape index (κ3) is 3.30. The van der Waals surface area contributed by atoms with Crippen LogP contribution in [0.1, 0.15) is 53.4 Å². The Kier molecular flexibility index (Phi) is 4.24. The van der Waals surface area contributed by atoms with Crippen molar-refractivity contribution in [2.24, 2.45) is 11.8 Å². The molecule has 1 aliphatic carbocycles. The fraction of sp³-hybridized carbons (Fsp3) is 1.00. The molecule has 0 bridgehead atoms. The normalized spacial score (nSPS) is 31.2. The van der Waals surface area contributed by atoms with Crippen molar-refractivity contribution in [2.75, 3.05) is 0 Å². The molecule has 0 aromatic heterocycles. The summed E-state index contributed by atoms with van der Waals surface area (Å²) in [5.41, 5.74) is 0. The molecule has 1 fully saturated rings. The van der Waals surface area contributed by atoms with E-state index in [4.69, 9.17) is 0 Å². The van der Waals surface area contributed by atoms with Crippen molar-refractivity contribution in [3.05, 3.63) is 0 Å². The summed E-state index contributed by atoms with van der Waals surface area (Å²) in [5.74, 6) is 1.76. The lowest BCUT2D eigenvalue weighted by Crippen LogP contribution is -2.38. The molecule has 0 amide bonds. The van der Waals surface area contributed by atoms with Crippen LogP contribution >= 0.6 is 0 Å². The molecule has 0 radical (unpaired) electrons. The molecule has 1 N–H and O–H groups in total. The van der Waals surface area contributed by atoms with Crippen molar-refractivity contribution in [3.8, 4) is 0 Å². The predicted octanol–water partition coefficient (Wildman–Crippen LogP) is 3.20. The van der Waals surface area contributed by atoms with Crippen LogP contribution in [0.3, 0.4) is 0 Å². The van der Waals surface area contributed by atoms with Gasteiger partial charge in [-0.2, -0.15) is 0 Å². The van der Waals surface area contributed by atoms with Gasteiger partial charge in [0.25, 0.3) is 0 Å². The highest BCUT2D eigenvalue weighted by atomic mass is 15.0. The SMILES string of the molecule is CCC1CCC(NC(C)C(C)C)C1. The maximum absolute atomic E-state index is 3.74. The lowest BCUT2D eigenvalue weighted by molar-refractivity contribution is 0.366. The average Bonchev–Trinajstić information content (AvgIpc) is 2.52. The lowest BCUT2D eigenvalue weighted by Gasteiger charge is -2.22. The molecule has 0 aliphatic heterocycles. The Balaban J connectivity index is 2.23. The first-order chi connectivity index (χ1) is 6.13. The van der Waals surface area contributed by atoms with E-state index in [-0.39, 0.29) is 0 Å². The summed E-state index contributed by atoms with van der Waals surface area (Å²) >= 11 is 0. The van der Waals surface area contributed by atoms with Gasteiger partial charge in [0.1, 0.15) is 0 Å². The Hall–Kier alpha value is -0.0400. The van der Waals surface area contributed by atoms with Gasteiger partial charge >= 0.3 is 0 Å². The number of rotatable bonds is 4. The minimum absolute atomic E-state index is 0.681. The second-order valence-corrected chi connectivity index (χ2v) is 4.98. The Morgan fingerprint density at radius 1 is 1.23 bits per heavy atom. The van der Waals surface area contributed by atoms with E-state index in [0.717, 1.165) is 17.9 Å². The standard InChI is InChI=1S/C12H25N/c1-5-11-6-7-12(8-11)13-10(4)9(2)3/h9-13H,5-8H2,1-4H3. The van der Waals surface area contributed by atoms with Gasteiger partial charge in [0.15, 0.2) is 0 Å². The van der Waals surface area contributed by atoms with Crippen LogP contribution in [0.5, 0.6) is 0 Å². The van der Waals surface area contributed by atoms with E-state index in [1.807, 2.05) is 0 Å². The van der Waals surface area contributed by atoms with Gasteiger partial charge in [-0.1, -0.05) is 27.2 Å². The molecule has 0 spiro atoms. The van der Waals surface area contributed by atoms with Crippen LogP contribution in [-0.2, 0) is 0 Å². The summed E-state index contributed by atoms with van der Waals surface area (Å²) in [7, 11) is 0. The third-order valence-electron chi connectivity index (χ3n) is 3.62. The Bertz CT molecular complexity index is 142. The Morgan fingerprint density at radius 2 is 1.92 bits per heavy atom. The highest BCUT2D eigenvalue weighted by molar-refractivity contribution is 4.82. The molecule has 1 aliphatic rings. The molecule has 1 nitrogen and oxygen atoms in total. The summed E-state index contributed by atoms with van der Waals surface area (Å²) in [6.07, 6.45) is 5.62. The van der Waals surface area contributed by atoms with Gasteiger partial charge in [0.2, 0.25) is 0 Å². The van der Waals surface area contributed by atoms with Crippen molar-refractivity contribution in [1.82, 2.24) is 5.32 Å². The van der Waals surface area contributed by atoms with Crippen LogP contribution in [0.4, 0.5) is 0 Å². The molecule has 1 rings (SSSR count). The van der Waals surface area contributed by atoms with Crippen LogP contribution in [0, 0.1) is 11.8 Å². The van der Waals surface area contributed by atoms with Crippen molar-refractivity contribution >= 4 is 0 Å². The zero-order valence-electron chi connectivity index (χ0n) is 9.64. The maximum atomic E-state index is 3.74. The van der Waals surface area contributed by atoms with Gasteiger partial charge in [-0.15, -0.1) is 0 Å². The van der Waals surface area contributed by atoms with E-state index in [9.17, 15) is 0 Å². The maximum Gasteiger partial charge on any atom is 0.00723 e. The Labute approximate surface area is 83.3 Å². The average molecular weight is 183 g/mol. The first kappa shape index (κ1) is 11.0. The minimum Gasteiger partial charge on any atom is -0.311 e. The summed E-state index contributed by atoms with van der Waals surface area (Å²) in [4.78, 5) is 0. The smallest absolute Gasteiger partial charge is 0.00723 e. The van der Waals surface area contributed by atoms with E-state index >= 15 is 0 Å². The molecule has 1 saturated carbocycles. The number of nitrogens with one attached hydrogen (secondary N) is 1. The van der Waals surface area contributed by atoms with Gasteiger partial charge in [-0.25, -0.2) is 0 Å². The van der Waals surface area contributed by atoms with Gasteiger partial charge in [0.05, 0.1) is 0 Å². The van der Waals surface area contributed by atoms with E-state index < -0.39 is 0 Å². The molecule has 13 heavy (non-hydrogen) atoms. The molecule has 78 valence electrons. The third-order valence-corrected chi connectivity index (χ3v) is 3.62. The Morgan fingerprint density at radius 3 is 2.38 bits per heavy atom. The molecule has 0 aromatic rings. The first-order valence-electron chi connectivity index (χ1n) is 5.89. The first-order valence-corrected chi connectivity index (χ1v) is 5.89. The highest BCUT2D eigenvalue weighted by Crippen LogP contribution is 2.28. The monoisotopic (exact) mass is 183 g/mol. The molecule has 0 heterocycles. The molecule has 3 atom stereocenters. The molecular formula is C12H25N. The van der Waals surface area contributed by atoms with Crippen molar-refractivity contribution in [3.63, 3.8) is 0 Å². The van der Waals surface area contributed by atoms with Crippen molar-refractivity contribution in [1.29, 1.82) is 0 Å². The van der Waals surface area contributed by atoms with Crippen LogP contribution in [-0.4, -0.2) is 12.1 Å². The van der Waals surface area contributed by atoms with Gasteiger partial charge < -0.3 is 5.32 Å². The van der Waals surface area contributed by atoms with Crippen LogP contribution in [0.15, 0.2) is 0 Å². The van der Waals surface area contributed by atoms with E-state index in [2.05, 4.69) is 33.0 Å². The fourth-order valence-electron chi connectivity index (χ4n) is 2.16. The predicted molar refractivity (Wildman–Crippen MR) is 58.9 cm³/mol. The van der Waals surface area contributed by atoms with Crippen LogP contribution < -0.4 is 5.32 Å². The molecule has 0 saturated heterocycles. The minimum atomic E-state index is 0.681. The number of hydrogen-bond acceptors (Lipinski definition) is 1. The molecular weight excluding hydrogens is 158 g/mol. The lowest BCUT2D eigenvalue weighted by atomic mass is 10.0. The van der Waals surface area contributed by atoms with Gasteiger partial charge in [0, 0.05) is 12.1 Å². The van der Waals surface area contributed by atoms with E-state index in [0.29, 0.717) is 6.04 Å². The second-order valence-electron chi connectivity index (χ2n) is 4.98. The van der Waals surface area contributed by atoms with Crippen LogP contribution in [0.2, 0.25) is 0 Å². The van der Waals surface area contributed by atoms with E-state index in [1.165, 1.54) is 25.7 Å². The zero-order valence-corrected chi connectivity index (χ0v) is 9.64. The van der Waals surface area contributed by atoms with Crippen molar-refractivity contribution in [2.45, 2.75) is 65.5 Å². The van der Waals surface area contributed by atoms with Gasteiger partial charge in [-0.3, -0.25) is 0 Å². The summed E-state index contributed by atoms with van der Waals surface area (Å²) in [6, 6.07) is 1.49. The quantitative estimate of drug-likeness (QED) is 0.706. The summed E-state index contributed by atoms with van der Waals surface area (Å²) < 4.78 is 0. The van der Waals surface area contributed by atoms with Gasteiger partial charge in [-0.05, 0) is 38.0 Å². The summed E-state index contributed by atoms with van der Waals surface area (Å²) in [6.45, 7) is 9.22. The topological polar surface area (TPSA) is 12.0 Å². The summed E-state index contributed by atoms with van der Waals surface area (Å²) in [5, 5.41) is 3.74. The molecule has 3 unspecified atom stereocenters. The van der Waals surface area contributed by atoms with E-state index in [1.54, 1.807) is 0 Å². The molecule has 0 aromatic carbocycles. The largest absolute Gasteiger partial charge is 0.311 e. The van der Waals surface area contributed by atoms with Crippen molar-refractivity contribution < 1.29 is 0 Å². The second kappa shape index (κ2) is 4.99. The zero-order chi connectivity index (χ0) is 9.84. The highest BCUT2D eigenvalue weighted by Gasteiger charge is 2.24.